The Kier molecular flexibility index (Phi) is 6.21. The van der Waals surface area contributed by atoms with Gasteiger partial charge in [0.1, 0.15) is 32.1 Å². The molecule has 0 aliphatic carbocycles. The highest BCUT2D eigenvalue weighted by atomic mass is 35.5. The molecule has 198 valence electrons. The summed E-state index contributed by atoms with van der Waals surface area (Å²) in [5, 5.41) is 8.05. The van der Waals surface area contributed by atoms with Crippen LogP contribution < -0.4 is 15.4 Å². The summed E-state index contributed by atoms with van der Waals surface area (Å²) in [5.41, 5.74) is 8.60. The van der Waals surface area contributed by atoms with Crippen molar-refractivity contribution in [3.05, 3.63) is 64.3 Å². The molecule has 0 amide bonds. The lowest BCUT2D eigenvalue weighted by atomic mass is 9.75. The minimum absolute atomic E-state index is 0.0812. The Morgan fingerprint density at radius 1 is 1.11 bits per heavy atom. The summed E-state index contributed by atoms with van der Waals surface area (Å²) in [7, 11) is -2.88. The van der Waals surface area contributed by atoms with Crippen molar-refractivity contribution in [2.24, 2.45) is 11.1 Å². The first kappa shape index (κ1) is 25.3. The molecule has 2 aliphatic rings. The number of benzene rings is 1. The van der Waals surface area contributed by atoms with Crippen LogP contribution in [-0.4, -0.2) is 53.2 Å². The molecule has 13 heteroatoms. The fraction of sp³-hybridized carbons (Fsp3) is 0.320. The van der Waals surface area contributed by atoms with Crippen LogP contribution in [0.1, 0.15) is 24.6 Å². The predicted octanol–water partition coefficient (Wildman–Crippen LogP) is 4.52. The fourth-order valence-electron chi connectivity index (χ4n) is 5.13. The topological polar surface area (TPSA) is 127 Å². The number of fused-ring (bicyclic) bond motifs is 1. The molecule has 2 saturated heterocycles. The third-order valence-corrected chi connectivity index (χ3v) is 9.65. The van der Waals surface area contributed by atoms with Gasteiger partial charge in [-0.1, -0.05) is 23.2 Å². The molecular formula is C25H23Cl2FN6O3S. The van der Waals surface area contributed by atoms with Crippen LogP contribution in [-0.2, 0) is 9.84 Å². The molecule has 2 fully saturated rings. The van der Waals surface area contributed by atoms with E-state index in [1.165, 1.54) is 0 Å². The highest BCUT2D eigenvalue weighted by molar-refractivity contribution is 7.91. The molecule has 9 nitrogen and oxygen atoms in total. The number of nitrogens with one attached hydrogen (secondary N) is 1. The highest BCUT2D eigenvalue weighted by Gasteiger charge is 2.46. The Balaban J connectivity index is 1.19. The van der Waals surface area contributed by atoms with Gasteiger partial charge in [0.2, 0.25) is 5.95 Å². The number of ether oxygens (including phenoxy) is 1. The fourth-order valence-corrected chi connectivity index (χ4v) is 7.38. The number of aromatic amines is 1. The molecule has 0 saturated carbocycles. The Morgan fingerprint density at radius 2 is 1.87 bits per heavy atom. The number of pyridine rings is 2. The van der Waals surface area contributed by atoms with Crippen molar-refractivity contribution in [1.82, 2.24) is 20.2 Å². The van der Waals surface area contributed by atoms with E-state index >= 15 is 0 Å². The van der Waals surface area contributed by atoms with Crippen LogP contribution in [0.3, 0.4) is 0 Å². The van der Waals surface area contributed by atoms with Gasteiger partial charge in [-0.3, -0.25) is 10.8 Å². The lowest BCUT2D eigenvalue weighted by molar-refractivity contribution is 0.188. The summed E-state index contributed by atoms with van der Waals surface area (Å²) in [6, 6.07) is 9.18. The van der Waals surface area contributed by atoms with Crippen molar-refractivity contribution < 1.29 is 17.5 Å². The van der Waals surface area contributed by atoms with Gasteiger partial charge in [-0.25, -0.2) is 18.4 Å². The van der Waals surface area contributed by atoms with Crippen molar-refractivity contribution in [2.75, 3.05) is 29.5 Å². The van der Waals surface area contributed by atoms with E-state index in [2.05, 4.69) is 25.1 Å². The molecule has 1 aromatic carbocycles. The van der Waals surface area contributed by atoms with Crippen LogP contribution in [0.4, 0.5) is 10.2 Å². The second kappa shape index (κ2) is 9.33. The molecule has 4 aromatic rings. The average molecular weight is 577 g/mol. The molecule has 2 aliphatic heterocycles. The van der Waals surface area contributed by atoms with Crippen LogP contribution in [0.5, 0.6) is 5.75 Å². The quantitative estimate of drug-likeness (QED) is 0.262. The van der Waals surface area contributed by atoms with E-state index in [9.17, 15) is 12.8 Å². The predicted molar refractivity (Wildman–Crippen MR) is 144 cm³/mol. The zero-order valence-electron chi connectivity index (χ0n) is 20.0. The summed E-state index contributed by atoms with van der Waals surface area (Å²) >= 11 is 12.1. The number of anilines is 1. The Labute approximate surface area is 228 Å². The first-order valence-electron chi connectivity index (χ1n) is 11.9. The molecule has 3 N–H and O–H groups in total. The number of hydrogen-bond donors (Lipinski definition) is 2. The van der Waals surface area contributed by atoms with Gasteiger partial charge < -0.3 is 9.64 Å². The number of sulfone groups is 1. The maximum Gasteiger partial charge on any atom is 0.232 e. The van der Waals surface area contributed by atoms with Gasteiger partial charge >= 0.3 is 0 Å². The number of rotatable bonds is 5. The lowest BCUT2D eigenvalue weighted by Gasteiger charge is -2.52. The van der Waals surface area contributed by atoms with Crippen molar-refractivity contribution in [1.29, 1.82) is 0 Å². The molecule has 1 spiro atoms. The normalized spacial score (nSPS) is 18.9. The molecular weight excluding hydrogens is 554 g/mol. The summed E-state index contributed by atoms with van der Waals surface area (Å²) in [6.07, 6.45) is 3.21. The molecule has 1 atom stereocenters. The highest BCUT2D eigenvalue weighted by Crippen LogP contribution is 2.43. The first-order chi connectivity index (χ1) is 18.1. The number of nitrogens with two attached hydrogens (primary N) is 1. The largest absolute Gasteiger partial charge is 0.471 e. The van der Waals surface area contributed by atoms with E-state index in [4.69, 9.17) is 33.7 Å². The SMILES string of the molecule is N[C@@H](Oc1ccc2[nH]nc(-c3ccc(N4CC5(CCS(=O)(=O)CC5)C4)nc3)c2c1)c1c(Cl)cnc(F)c1Cl. The molecule has 3 aromatic heterocycles. The second-order valence-corrected chi connectivity index (χ2v) is 12.9. The minimum atomic E-state index is -2.88. The van der Waals surface area contributed by atoms with Gasteiger partial charge in [0, 0.05) is 41.8 Å². The second-order valence-electron chi connectivity index (χ2n) is 9.86. The zero-order chi connectivity index (χ0) is 26.7. The molecule has 6 rings (SSSR count). The molecule has 0 radical (unpaired) electrons. The molecule has 5 heterocycles. The van der Waals surface area contributed by atoms with Gasteiger partial charge in [-0.15, -0.1) is 0 Å². The maximum atomic E-state index is 13.8. The van der Waals surface area contributed by atoms with Gasteiger partial charge in [0.25, 0.3) is 0 Å². The van der Waals surface area contributed by atoms with Crippen molar-refractivity contribution in [3.63, 3.8) is 0 Å². The van der Waals surface area contributed by atoms with E-state index < -0.39 is 22.0 Å². The van der Waals surface area contributed by atoms with E-state index in [0.717, 1.165) is 41.6 Å². The molecule has 0 bridgehead atoms. The number of nitrogens with zero attached hydrogens (tertiary/aromatic N) is 4. The van der Waals surface area contributed by atoms with E-state index in [0.29, 0.717) is 24.3 Å². The summed E-state index contributed by atoms with van der Waals surface area (Å²) in [5.74, 6) is 0.933. The third kappa shape index (κ3) is 4.57. The van der Waals surface area contributed by atoms with E-state index in [-0.39, 0.29) is 32.5 Å². The minimum Gasteiger partial charge on any atom is -0.471 e. The number of H-pyrrole nitrogens is 1. The lowest BCUT2D eigenvalue weighted by Crippen LogP contribution is -2.59. The summed E-state index contributed by atoms with van der Waals surface area (Å²) in [4.78, 5) is 10.3. The smallest absolute Gasteiger partial charge is 0.232 e. The first-order valence-corrected chi connectivity index (χ1v) is 14.5. The van der Waals surface area contributed by atoms with Gasteiger partial charge in [-0.05, 0) is 43.2 Å². The maximum absolute atomic E-state index is 13.8. The van der Waals surface area contributed by atoms with E-state index in [1.807, 2.05) is 12.1 Å². The Morgan fingerprint density at radius 3 is 2.58 bits per heavy atom. The van der Waals surface area contributed by atoms with Gasteiger partial charge in [-0.2, -0.15) is 9.49 Å². The summed E-state index contributed by atoms with van der Waals surface area (Å²) in [6.45, 7) is 1.63. The summed E-state index contributed by atoms with van der Waals surface area (Å²) < 4.78 is 43.2. The van der Waals surface area contributed by atoms with E-state index in [1.54, 1.807) is 24.4 Å². The Bertz CT molecular complexity index is 1630. The third-order valence-electron chi connectivity index (χ3n) is 7.33. The number of halogens is 3. The number of hydrogen-bond acceptors (Lipinski definition) is 8. The van der Waals surface area contributed by atoms with Crippen LogP contribution in [0, 0.1) is 11.4 Å². The van der Waals surface area contributed by atoms with Crippen LogP contribution in [0.15, 0.2) is 42.7 Å². The van der Waals surface area contributed by atoms with Crippen LogP contribution in [0.2, 0.25) is 10.0 Å². The molecule has 38 heavy (non-hydrogen) atoms. The van der Waals surface area contributed by atoms with Gasteiger partial charge in [0.15, 0.2) is 6.23 Å². The molecule has 0 unspecified atom stereocenters. The number of aromatic nitrogens is 4. The van der Waals surface area contributed by atoms with Gasteiger partial charge in [0.05, 0.1) is 27.6 Å². The van der Waals surface area contributed by atoms with Crippen molar-refractivity contribution in [2.45, 2.75) is 19.1 Å². The van der Waals surface area contributed by atoms with Crippen molar-refractivity contribution in [3.8, 4) is 17.0 Å². The standard InChI is InChI=1S/C25H23Cl2FN6O3S/c26-17-11-31-23(28)21(27)20(17)24(29)37-15-2-3-18-16(9-15)22(33-32-18)14-1-4-19(30-10-14)34-12-25(13-34)5-7-38(35,36)8-6-25/h1-4,9-11,24H,5-8,12-13,29H2,(H,32,33)/t24-/m0/s1. The van der Waals surface area contributed by atoms with Crippen LogP contribution >= 0.6 is 23.2 Å². The average Bonchev–Trinajstić information content (AvgIpc) is 3.29. The van der Waals surface area contributed by atoms with Crippen LogP contribution in [0.25, 0.3) is 22.2 Å². The van der Waals surface area contributed by atoms with Crippen molar-refractivity contribution >= 4 is 49.8 Å². The Hall–Kier alpha value is -2.99. The zero-order valence-corrected chi connectivity index (χ0v) is 22.3. The monoisotopic (exact) mass is 576 g/mol.